The summed E-state index contributed by atoms with van der Waals surface area (Å²) in [5, 5.41) is 15.7. The summed E-state index contributed by atoms with van der Waals surface area (Å²) in [6.07, 6.45) is 5.46. The van der Waals surface area contributed by atoms with Gasteiger partial charge >= 0.3 is 6.09 Å². The number of amides is 2. The number of unbranched alkanes of at least 4 members (excludes halogenated alkanes) is 3. The van der Waals surface area contributed by atoms with Crippen LogP contribution in [0.2, 0.25) is 0 Å². The molecule has 0 aliphatic carbocycles. The van der Waals surface area contributed by atoms with Crippen molar-refractivity contribution in [3.8, 4) is 15.8 Å². The SMILES string of the molecule is COCCNC(=O)/C(C#N)=C/c1ccc(-c2ccc(N(C)CCOC(=O)NCCOCCOCCCCCCCl)s2)s1. The molecule has 42 heavy (non-hydrogen) atoms. The Balaban J connectivity index is 1.63. The van der Waals surface area contributed by atoms with Gasteiger partial charge in [0.1, 0.15) is 18.2 Å². The number of ether oxygens (including phenoxy) is 4. The maximum atomic E-state index is 12.2. The number of nitrogens with one attached hydrogen (secondary N) is 2. The lowest BCUT2D eigenvalue weighted by atomic mass is 10.2. The van der Waals surface area contributed by atoms with Crippen LogP contribution in [0.3, 0.4) is 0 Å². The first-order valence-corrected chi connectivity index (χ1v) is 16.1. The number of carbonyl (C=O) groups excluding carboxylic acids is 2. The van der Waals surface area contributed by atoms with Crippen LogP contribution in [0.25, 0.3) is 15.8 Å². The highest BCUT2D eigenvalue weighted by Crippen LogP contribution is 2.37. The first-order valence-electron chi connectivity index (χ1n) is 13.9. The molecule has 2 heterocycles. The molecule has 0 aromatic carbocycles. The largest absolute Gasteiger partial charge is 0.448 e. The predicted octanol–water partition coefficient (Wildman–Crippen LogP) is 5.14. The van der Waals surface area contributed by atoms with Gasteiger partial charge in [-0.05, 0) is 43.2 Å². The number of carbonyl (C=O) groups is 2. The third kappa shape index (κ3) is 14.5. The lowest BCUT2D eigenvalue weighted by Crippen LogP contribution is -2.31. The molecular weight excluding hydrogens is 600 g/mol. The van der Waals surface area contributed by atoms with Crippen LogP contribution in [-0.2, 0) is 23.7 Å². The van der Waals surface area contributed by atoms with Gasteiger partial charge in [-0.1, -0.05) is 12.8 Å². The molecule has 0 radical (unpaired) electrons. The van der Waals surface area contributed by atoms with E-state index >= 15 is 0 Å². The molecule has 0 aliphatic heterocycles. The summed E-state index contributed by atoms with van der Waals surface area (Å²) in [7, 11) is 3.49. The Morgan fingerprint density at radius 2 is 1.64 bits per heavy atom. The molecule has 13 heteroatoms. The van der Waals surface area contributed by atoms with E-state index in [4.69, 9.17) is 30.5 Å². The Hall–Kier alpha value is -2.66. The molecule has 0 fully saturated rings. The number of nitriles is 1. The highest BCUT2D eigenvalue weighted by atomic mass is 35.5. The second-order valence-corrected chi connectivity index (χ2v) is 11.6. The van der Waals surface area contributed by atoms with Crippen molar-refractivity contribution in [1.82, 2.24) is 10.6 Å². The van der Waals surface area contributed by atoms with Gasteiger partial charge in [-0.25, -0.2) is 4.79 Å². The Labute approximate surface area is 261 Å². The Morgan fingerprint density at radius 3 is 2.40 bits per heavy atom. The molecule has 0 spiro atoms. The van der Waals surface area contributed by atoms with E-state index in [0.29, 0.717) is 51.9 Å². The van der Waals surface area contributed by atoms with Crippen LogP contribution in [0.5, 0.6) is 0 Å². The number of likely N-dealkylation sites (N-methyl/N-ethyl adjacent to an activating group) is 1. The van der Waals surface area contributed by atoms with Crippen molar-refractivity contribution in [1.29, 1.82) is 5.26 Å². The zero-order valence-electron chi connectivity index (χ0n) is 24.3. The Bertz CT molecular complexity index is 1130. The quantitative estimate of drug-likeness (QED) is 0.0785. The molecule has 0 atom stereocenters. The van der Waals surface area contributed by atoms with Gasteiger partial charge in [-0.2, -0.15) is 5.26 Å². The average molecular weight is 641 g/mol. The predicted molar refractivity (Wildman–Crippen MR) is 170 cm³/mol. The van der Waals surface area contributed by atoms with Crippen LogP contribution in [0.1, 0.15) is 30.6 Å². The van der Waals surface area contributed by atoms with Gasteiger partial charge in [0.25, 0.3) is 5.91 Å². The van der Waals surface area contributed by atoms with E-state index in [0.717, 1.165) is 51.9 Å². The number of halogens is 1. The van der Waals surface area contributed by atoms with E-state index in [9.17, 15) is 14.9 Å². The van der Waals surface area contributed by atoms with E-state index in [2.05, 4.69) is 10.6 Å². The van der Waals surface area contributed by atoms with Gasteiger partial charge in [-0.3, -0.25) is 4.79 Å². The molecule has 0 saturated carbocycles. The van der Waals surface area contributed by atoms with Gasteiger partial charge in [0, 0.05) is 54.4 Å². The van der Waals surface area contributed by atoms with Crippen molar-refractivity contribution >= 4 is 57.4 Å². The number of methoxy groups -OCH3 is 1. The van der Waals surface area contributed by atoms with E-state index in [1.165, 1.54) is 11.3 Å². The number of thiophene rings is 2. The maximum absolute atomic E-state index is 12.2. The third-order valence-electron chi connectivity index (χ3n) is 5.80. The summed E-state index contributed by atoms with van der Waals surface area (Å²) in [4.78, 5) is 29.1. The van der Waals surface area contributed by atoms with E-state index in [-0.39, 0.29) is 12.2 Å². The second kappa shape index (κ2) is 22.0. The fourth-order valence-electron chi connectivity index (χ4n) is 3.52. The number of rotatable bonds is 22. The molecule has 2 amide bonds. The molecule has 2 rings (SSSR count). The lowest BCUT2D eigenvalue weighted by molar-refractivity contribution is -0.117. The number of alkyl halides is 1. The van der Waals surface area contributed by atoms with Gasteiger partial charge < -0.3 is 34.5 Å². The van der Waals surface area contributed by atoms with Crippen LogP contribution in [-0.4, -0.2) is 91.3 Å². The van der Waals surface area contributed by atoms with Crippen molar-refractivity contribution in [3.05, 3.63) is 34.7 Å². The maximum Gasteiger partial charge on any atom is 0.407 e. The van der Waals surface area contributed by atoms with Crippen molar-refractivity contribution in [2.24, 2.45) is 0 Å². The van der Waals surface area contributed by atoms with Crippen molar-refractivity contribution in [3.63, 3.8) is 0 Å². The number of alkyl carbamates (subject to hydrolysis) is 1. The lowest BCUT2D eigenvalue weighted by Gasteiger charge is -2.17. The van der Waals surface area contributed by atoms with E-state index < -0.39 is 12.0 Å². The summed E-state index contributed by atoms with van der Waals surface area (Å²) in [5.41, 5.74) is 0.0490. The molecule has 2 N–H and O–H groups in total. The molecular formula is C29H41ClN4O6S2. The molecule has 0 aliphatic rings. The zero-order valence-corrected chi connectivity index (χ0v) is 26.7. The molecule has 10 nitrogen and oxygen atoms in total. The monoisotopic (exact) mass is 640 g/mol. The van der Waals surface area contributed by atoms with Gasteiger partial charge in [0.2, 0.25) is 0 Å². The minimum Gasteiger partial charge on any atom is -0.448 e. The molecule has 0 unspecified atom stereocenters. The molecule has 2 aromatic heterocycles. The summed E-state index contributed by atoms with van der Waals surface area (Å²) >= 11 is 8.77. The minimum absolute atomic E-state index is 0.0490. The fourth-order valence-corrected chi connectivity index (χ4v) is 5.74. The van der Waals surface area contributed by atoms with Crippen LogP contribution in [0, 0.1) is 11.3 Å². The zero-order chi connectivity index (χ0) is 30.4. The second-order valence-electron chi connectivity index (χ2n) is 9.07. The van der Waals surface area contributed by atoms with E-state index in [1.54, 1.807) is 24.5 Å². The fraction of sp³-hybridized carbons (Fsp3) is 0.552. The van der Waals surface area contributed by atoms with Crippen molar-refractivity contribution < 1.29 is 28.5 Å². The van der Waals surface area contributed by atoms with Crippen LogP contribution in [0.15, 0.2) is 29.8 Å². The van der Waals surface area contributed by atoms with Crippen LogP contribution < -0.4 is 15.5 Å². The van der Waals surface area contributed by atoms with Gasteiger partial charge in [0.15, 0.2) is 0 Å². The third-order valence-corrected chi connectivity index (χ3v) is 8.50. The molecule has 2 aromatic rings. The average Bonchev–Trinajstić information content (AvgIpc) is 3.67. The normalized spacial score (nSPS) is 11.2. The number of hydrogen-bond acceptors (Lipinski definition) is 10. The Morgan fingerprint density at radius 1 is 0.929 bits per heavy atom. The summed E-state index contributed by atoms with van der Waals surface area (Å²) < 4.78 is 21.2. The van der Waals surface area contributed by atoms with Crippen molar-refractivity contribution in [2.75, 3.05) is 84.2 Å². The summed E-state index contributed by atoms with van der Waals surface area (Å²) in [5.74, 6) is 0.296. The summed E-state index contributed by atoms with van der Waals surface area (Å²) in [6, 6.07) is 9.87. The minimum atomic E-state index is -0.477. The highest BCUT2D eigenvalue weighted by Gasteiger charge is 2.12. The Kier molecular flexibility index (Phi) is 18.6. The van der Waals surface area contributed by atoms with Crippen LogP contribution >= 0.6 is 34.3 Å². The van der Waals surface area contributed by atoms with Gasteiger partial charge in [0.05, 0.1) is 38.0 Å². The number of hydrogen-bond donors (Lipinski definition) is 2. The van der Waals surface area contributed by atoms with Gasteiger partial charge in [-0.15, -0.1) is 34.3 Å². The van der Waals surface area contributed by atoms with Crippen molar-refractivity contribution in [2.45, 2.75) is 25.7 Å². The highest BCUT2D eigenvalue weighted by molar-refractivity contribution is 7.24. The topological polar surface area (TPSA) is 122 Å². The molecule has 0 bridgehead atoms. The van der Waals surface area contributed by atoms with E-state index in [1.807, 2.05) is 42.3 Å². The summed E-state index contributed by atoms with van der Waals surface area (Å²) in [6.45, 7) is 4.02. The number of anilines is 1. The standard InChI is InChI=1S/C29H41ClN4O6S2/c1-34(14-18-40-29(36)33-13-17-39-20-19-38-15-6-4-3-5-11-30)27-10-9-26(42-27)25-8-7-24(41-25)21-23(22-31)28(35)32-12-16-37-2/h7-10,21H,3-6,11-20H2,1-2H3,(H,32,35)(H,33,36)/b23-21+. The first kappa shape index (κ1) is 35.5. The molecule has 0 saturated heterocycles. The van der Waals surface area contributed by atoms with Crippen LogP contribution in [0.4, 0.5) is 9.80 Å². The number of nitrogens with zero attached hydrogens (tertiary/aromatic N) is 2. The molecule has 232 valence electrons. The smallest absolute Gasteiger partial charge is 0.407 e. The first-order chi connectivity index (χ1) is 20.5.